The normalized spacial score (nSPS) is 10.7. The van der Waals surface area contributed by atoms with Gasteiger partial charge in [-0.25, -0.2) is 9.67 Å². The number of halogens is 1. The minimum absolute atomic E-state index is 0.250. The zero-order chi connectivity index (χ0) is 18.8. The Morgan fingerprint density at radius 1 is 1.22 bits per heavy atom. The van der Waals surface area contributed by atoms with Crippen LogP contribution in [-0.2, 0) is 0 Å². The minimum Gasteiger partial charge on any atom is -0.298 e. The fourth-order valence-electron chi connectivity index (χ4n) is 2.55. The highest BCUT2D eigenvalue weighted by atomic mass is 35.5. The van der Waals surface area contributed by atoms with Gasteiger partial charge in [-0.05, 0) is 43.3 Å². The predicted molar refractivity (Wildman–Crippen MR) is 107 cm³/mol. The first kappa shape index (κ1) is 17.4. The van der Waals surface area contributed by atoms with Crippen molar-refractivity contribution in [2.24, 2.45) is 0 Å². The van der Waals surface area contributed by atoms with Crippen molar-refractivity contribution < 1.29 is 4.79 Å². The van der Waals surface area contributed by atoms with Gasteiger partial charge in [0.2, 0.25) is 0 Å². The lowest BCUT2D eigenvalue weighted by Gasteiger charge is -2.01. The van der Waals surface area contributed by atoms with Gasteiger partial charge < -0.3 is 0 Å². The van der Waals surface area contributed by atoms with Crippen molar-refractivity contribution in [3.05, 3.63) is 76.6 Å². The number of amides is 1. The average Bonchev–Trinajstić information content (AvgIpc) is 3.30. The Kier molecular flexibility index (Phi) is 4.70. The van der Waals surface area contributed by atoms with E-state index < -0.39 is 0 Å². The minimum atomic E-state index is -0.250. The van der Waals surface area contributed by atoms with Crippen LogP contribution in [0.5, 0.6) is 0 Å². The SMILES string of the molecule is Cc1nn(-c2ccc(Cl)cc2)cc1C(=O)Nc1nc(-c2cccnc2)cs1. The molecule has 0 spiro atoms. The van der Waals surface area contributed by atoms with Gasteiger partial charge in [0, 0.05) is 34.6 Å². The van der Waals surface area contributed by atoms with Gasteiger partial charge in [0.1, 0.15) is 0 Å². The van der Waals surface area contributed by atoms with Crippen LogP contribution in [0.2, 0.25) is 5.02 Å². The highest BCUT2D eigenvalue weighted by molar-refractivity contribution is 7.14. The molecule has 0 aliphatic carbocycles. The standard InChI is InChI=1S/C19H14ClN5OS/c1-12-16(10-25(24-12)15-6-4-14(20)5-7-15)18(26)23-19-22-17(11-27-19)13-3-2-8-21-9-13/h2-11H,1H3,(H,22,23,26). The molecule has 0 atom stereocenters. The Morgan fingerprint density at radius 3 is 2.78 bits per heavy atom. The number of carbonyl (C=O) groups excluding carboxylic acids is 1. The van der Waals surface area contributed by atoms with Crippen LogP contribution in [0.4, 0.5) is 5.13 Å². The molecule has 4 rings (SSSR count). The third kappa shape index (κ3) is 3.74. The monoisotopic (exact) mass is 395 g/mol. The first-order chi connectivity index (χ1) is 13.1. The summed E-state index contributed by atoms with van der Waals surface area (Å²) in [4.78, 5) is 21.2. The van der Waals surface area contributed by atoms with Crippen LogP contribution in [0.15, 0.2) is 60.4 Å². The number of nitrogens with one attached hydrogen (secondary N) is 1. The summed E-state index contributed by atoms with van der Waals surface area (Å²) >= 11 is 7.28. The fourth-order valence-corrected chi connectivity index (χ4v) is 3.39. The maximum atomic E-state index is 12.6. The summed E-state index contributed by atoms with van der Waals surface area (Å²) < 4.78 is 1.66. The van der Waals surface area contributed by atoms with E-state index in [9.17, 15) is 4.79 Å². The van der Waals surface area contributed by atoms with Crippen LogP contribution >= 0.6 is 22.9 Å². The van der Waals surface area contributed by atoms with Gasteiger partial charge in [-0.2, -0.15) is 5.10 Å². The second-order valence-electron chi connectivity index (χ2n) is 5.78. The van der Waals surface area contributed by atoms with Gasteiger partial charge in [0.05, 0.1) is 22.6 Å². The van der Waals surface area contributed by atoms with Gasteiger partial charge in [-0.15, -0.1) is 11.3 Å². The molecule has 0 bridgehead atoms. The van der Waals surface area contributed by atoms with E-state index in [1.807, 2.05) is 29.6 Å². The fraction of sp³-hybridized carbons (Fsp3) is 0.0526. The average molecular weight is 396 g/mol. The molecule has 8 heteroatoms. The number of benzene rings is 1. The highest BCUT2D eigenvalue weighted by Gasteiger charge is 2.16. The summed E-state index contributed by atoms with van der Waals surface area (Å²) in [5, 5.41) is 10.3. The quantitative estimate of drug-likeness (QED) is 0.547. The Balaban J connectivity index is 1.54. The van der Waals surface area contributed by atoms with Crippen LogP contribution < -0.4 is 5.32 Å². The lowest BCUT2D eigenvalue weighted by Crippen LogP contribution is -2.12. The Hall–Kier alpha value is -3.03. The van der Waals surface area contributed by atoms with E-state index in [4.69, 9.17) is 11.6 Å². The lowest BCUT2D eigenvalue weighted by atomic mass is 10.2. The molecular formula is C19H14ClN5OS. The molecule has 6 nitrogen and oxygen atoms in total. The molecule has 0 radical (unpaired) electrons. The molecule has 0 unspecified atom stereocenters. The van der Waals surface area contributed by atoms with E-state index in [1.165, 1.54) is 11.3 Å². The van der Waals surface area contributed by atoms with Crippen molar-refractivity contribution in [2.75, 3.05) is 5.32 Å². The molecule has 0 aliphatic rings. The highest BCUT2D eigenvalue weighted by Crippen LogP contribution is 2.25. The molecule has 3 heterocycles. The summed E-state index contributed by atoms with van der Waals surface area (Å²) in [5.41, 5.74) is 3.63. The van der Waals surface area contributed by atoms with Crippen molar-refractivity contribution in [1.29, 1.82) is 0 Å². The topological polar surface area (TPSA) is 72.7 Å². The Labute approximate surface area is 164 Å². The van der Waals surface area contributed by atoms with E-state index in [0.29, 0.717) is 21.4 Å². The summed E-state index contributed by atoms with van der Waals surface area (Å²) in [6, 6.07) is 11.0. The number of aromatic nitrogens is 4. The molecule has 3 aromatic heterocycles. The Bertz CT molecular complexity index is 1090. The summed E-state index contributed by atoms with van der Waals surface area (Å²) in [7, 11) is 0. The third-order valence-corrected chi connectivity index (χ3v) is 4.93. The van der Waals surface area contributed by atoms with Crippen LogP contribution in [-0.4, -0.2) is 25.7 Å². The largest absolute Gasteiger partial charge is 0.298 e. The molecule has 1 amide bonds. The van der Waals surface area contributed by atoms with Gasteiger partial charge >= 0.3 is 0 Å². The first-order valence-electron chi connectivity index (χ1n) is 8.09. The number of anilines is 1. The molecule has 0 saturated carbocycles. The maximum absolute atomic E-state index is 12.6. The number of thiazole rings is 1. The lowest BCUT2D eigenvalue weighted by molar-refractivity contribution is 0.102. The van der Waals surface area contributed by atoms with Crippen LogP contribution in [0, 0.1) is 6.92 Å². The molecule has 0 saturated heterocycles. The van der Waals surface area contributed by atoms with Gasteiger partial charge in [0.25, 0.3) is 5.91 Å². The smallest absolute Gasteiger partial charge is 0.260 e. The molecule has 1 aromatic carbocycles. The molecule has 0 aliphatic heterocycles. The van der Waals surface area contributed by atoms with Crippen molar-refractivity contribution in [3.63, 3.8) is 0 Å². The van der Waals surface area contributed by atoms with Crippen LogP contribution in [0.25, 0.3) is 16.9 Å². The zero-order valence-corrected chi connectivity index (χ0v) is 15.8. The molecule has 0 fully saturated rings. The first-order valence-corrected chi connectivity index (χ1v) is 9.35. The molecule has 4 aromatic rings. The number of hydrogen-bond acceptors (Lipinski definition) is 5. The van der Waals surface area contributed by atoms with E-state index in [0.717, 1.165) is 16.9 Å². The van der Waals surface area contributed by atoms with Gasteiger partial charge in [0.15, 0.2) is 5.13 Å². The third-order valence-electron chi connectivity index (χ3n) is 3.92. The zero-order valence-electron chi connectivity index (χ0n) is 14.3. The van der Waals surface area contributed by atoms with Crippen molar-refractivity contribution in [3.8, 4) is 16.9 Å². The van der Waals surface area contributed by atoms with Gasteiger partial charge in [-0.1, -0.05) is 11.6 Å². The van der Waals surface area contributed by atoms with E-state index in [2.05, 4.69) is 20.4 Å². The number of aryl methyl sites for hydroxylation is 1. The molecule has 134 valence electrons. The van der Waals surface area contributed by atoms with Crippen molar-refractivity contribution in [1.82, 2.24) is 19.7 Å². The summed E-state index contributed by atoms with van der Waals surface area (Å²) in [6.45, 7) is 1.80. The number of rotatable bonds is 4. The number of pyridine rings is 1. The second-order valence-corrected chi connectivity index (χ2v) is 7.08. The van der Waals surface area contributed by atoms with E-state index >= 15 is 0 Å². The van der Waals surface area contributed by atoms with E-state index in [-0.39, 0.29) is 5.91 Å². The van der Waals surface area contributed by atoms with Crippen molar-refractivity contribution >= 4 is 34.0 Å². The molecule has 1 N–H and O–H groups in total. The van der Waals surface area contributed by atoms with Crippen molar-refractivity contribution in [2.45, 2.75) is 6.92 Å². The Morgan fingerprint density at radius 2 is 2.04 bits per heavy atom. The van der Waals surface area contributed by atoms with Gasteiger partial charge in [-0.3, -0.25) is 15.1 Å². The summed E-state index contributed by atoms with van der Waals surface area (Å²) in [6.07, 6.45) is 5.14. The molecular weight excluding hydrogens is 382 g/mol. The number of nitrogens with zero attached hydrogens (tertiary/aromatic N) is 4. The van der Waals surface area contributed by atoms with E-state index in [1.54, 1.807) is 42.3 Å². The molecule has 27 heavy (non-hydrogen) atoms. The predicted octanol–water partition coefficient (Wildman–Crippen LogP) is 4.60. The summed E-state index contributed by atoms with van der Waals surface area (Å²) in [5.74, 6) is -0.250. The number of hydrogen-bond donors (Lipinski definition) is 1. The maximum Gasteiger partial charge on any atom is 0.260 e. The van der Waals surface area contributed by atoms with Crippen LogP contribution in [0.1, 0.15) is 16.1 Å². The second kappa shape index (κ2) is 7.30. The van der Waals surface area contributed by atoms with Crippen LogP contribution in [0.3, 0.4) is 0 Å². The number of carbonyl (C=O) groups is 1.